The second-order valence-electron chi connectivity index (χ2n) is 9.62. The molecule has 0 aliphatic heterocycles. The van der Waals surface area contributed by atoms with Gasteiger partial charge in [-0.15, -0.1) is 29.7 Å². The van der Waals surface area contributed by atoms with Crippen LogP contribution in [0.25, 0.3) is 38.6 Å². The van der Waals surface area contributed by atoms with E-state index < -0.39 is 0 Å². The summed E-state index contributed by atoms with van der Waals surface area (Å²) in [5, 5.41) is 3.56. The van der Waals surface area contributed by atoms with Crippen LogP contribution in [0.1, 0.15) is 37.5 Å². The van der Waals surface area contributed by atoms with E-state index in [1.165, 1.54) is 38.5 Å². The first-order chi connectivity index (χ1) is 14.3. The Balaban J connectivity index is 0.00000231. The molecule has 2 nitrogen and oxygen atoms in total. The number of pyridine rings is 1. The van der Waals surface area contributed by atoms with Crippen molar-refractivity contribution in [1.82, 2.24) is 9.38 Å². The maximum absolute atomic E-state index is 4.87. The van der Waals surface area contributed by atoms with Crippen molar-refractivity contribution in [2.45, 2.75) is 41.0 Å². The Morgan fingerprint density at radius 2 is 1.68 bits per heavy atom. The van der Waals surface area contributed by atoms with E-state index in [0.717, 1.165) is 23.1 Å². The minimum Gasteiger partial charge on any atom is -0.333 e. The molecule has 0 saturated heterocycles. The van der Waals surface area contributed by atoms with Crippen LogP contribution in [-0.4, -0.2) is 9.38 Å². The summed E-state index contributed by atoms with van der Waals surface area (Å²) in [4.78, 5) is 4.87. The summed E-state index contributed by atoms with van der Waals surface area (Å²) in [5.41, 5.74) is 8.74. The van der Waals surface area contributed by atoms with Crippen LogP contribution in [0.2, 0.25) is 0 Å². The third kappa shape index (κ3) is 3.71. The van der Waals surface area contributed by atoms with Crippen molar-refractivity contribution in [1.29, 1.82) is 0 Å². The minimum absolute atomic E-state index is 0. The molecule has 0 aliphatic rings. The number of hydrogen-bond donors (Lipinski definition) is 0. The van der Waals surface area contributed by atoms with Gasteiger partial charge in [-0.05, 0) is 53.8 Å². The Morgan fingerprint density at radius 1 is 0.935 bits per heavy atom. The van der Waals surface area contributed by atoms with Crippen molar-refractivity contribution in [3.8, 4) is 11.3 Å². The third-order valence-electron chi connectivity index (χ3n) is 5.91. The summed E-state index contributed by atoms with van der Waals surface area (Å²) in [6.07, 6.45) is 3.07. The molecule has 31 heavy (non-hydrogen) atoms. The molecule has 0 atom stereocenters. The van der Waals surface area contributed by atoms with Crippen molar-refractivity contribution < 1.29 is 20.1 Å². The molecule has 0 aliphatic carbocycles. The third-order valence-corrected chi connectivity index (χ3v) is 5.91. The van der Waals surface area contributed by atoms with Gasteiger partial charge in [-0.25, -0.2) is 0 Å². The monoisotopic (exact) mass is 584 g/mol. The van der Waals surface area contributed by atoms with Crippen LogP contribution < -0.4 is 0 Å². The van der Waals surface area contributed by atoms with E-state index >= 15 is 0 Å². The summed E-state index contributed by atoms with van der Waals surface area (Å²) >= 11 is 0. The fourth-order valence-electron chi connectivity index (χ4n) is 4.73. The predicted molar refractivity (Wildman–Crippen MR) is 127 cm³/mol. The molecule has 0 amide bonds. The molecule has 2 heterocycles. The number of benzene rings is 3. The van der Waals surface area contributed by atoms with Crippen LogP contribution in [-0.2, 0) is 26.5 Å². The number of nitrogens with zero attached hydrogens (tertiary/aromatic N) is 2. The molecule has 5 aromatic rings. The molecule has 5 rings (SSSR count). The molecule has 3 aromatic carbocycles. The predicted octanol–water partition coefficient (Wildman–Crippen LogP) is 7.31. The summed E-state index contributed by atoms with van der Waals surface area (Å²) in [7, 11) is 0. The number of hydrogen-bond acceptors (Lipinski definition) is 1. The summed E-state index contributed by atoms with van der Waals surface area (Å²) in [6.45, 7) is 11.2. The van der Waals surface area contributed by atoms with Crippen molar-refractivity contribution in [3.05, 3.63) is 83.6 Å². The van der Waals surface area contributed by atoms with Gasteiger partial charge >= 0.3 is 0 Å². The molecule has 1 radical (unpaired) electrons. The zero-order chi connectivity index (χ0) is 21.0. The number of rotatable bonds is 2. The molecule has 0 fully saturated rings. The Hall–Kier alpha value is -2.48. The Bertz CT molecular complexity index is 1400. The number of fused-ring (bicyclic) bond motifs is 6. The van der Waals surface area contributed by atoms with E-state index in [-0.39, 0.29) is 25.5 Å². The fraction of sp³-hybridized carbons (Fsp3) is 0.250. The molecule has 0 N–H and O–H groups in total. The van der Waals surface area contributed by atoms with Gasteiger partial charge in [0.2, 0.25) is 0 Å². The first kappa shape index (κ1) is 21.7. The molecule has 0 bridgehead atoms. The van der Waals surface area contributed by atoms with Gasteiger partial charge in [-0.3, -0.25) is 4.98 Å². The average Bonchev–Trinajstić information content (AvgIpc) is 3.12. The van der Waals surface area contributed by atoms with E-state index in [1.54, 1.807) is 0 Å². The second-order valence-corrected chi connectivity index (χ2v) is 9.62. The van der Waals surface area contributed by atoms with Crippen LogP contribution in [0.5, 0.6) is 0 Å². The number of aromatic nitrogens is 2. The van der Waals surface area contributed by atoms with Gasteiger partial charge in [0, 0.05) is 37.4 Å². The van der Waals surface area contributed by atoms with Crippen LogP contribution >= 0.6 is 0 Å². The molecule has 2 aromatic heterocycles. The second kappa shape index (κ2) is 7.89. The normalized spacial score (nSPS) is 11.9. The van der Waals surface area contributed by atoms with Crippen molar-refractivity contribution in [2.24, 2.45) is 5.41 Å². The summed E-state index contributed by atoms with van der Waals surface area (Å²) in [5.74, 6) is 0. The SMILES string of the molecule is Cc1cccc(C)c1-c1cnc2c3[c-]cccc3c3cc(CC(C)(C)C)ccc3n12.[Ir]. The Labute approximate surface area is 197 Å². The zero-order valence-electron chi connectivity index (χ0n) is 18.7. The van der Waals surface area contributed by atoms with Gasteiger partial charge in [-0.1, -0.05) is 56.5 Å². The first-order valence-electron chi connectivity index (χ1n) is 10.6. The van der Waals surface area contributed by atoms with E-state index in [1.807, 2.05) is 12.3 Å². The molecule has 0 unspecified atom stereocenters. The molecule has 3 heteroatoms. The number of aryl methyl sites for hydroxylation is 2. The quantitative estimate of drug-likeness (QED) is 0.157. The average molecular weight is 584 g/mol. The Kier molecular flexibility index (Phi) is 5.53. The van der Waals surface area contributed by atoms with E-state index in [0.29, 0.717) is 0 Å². The van der Waals surface area contributed by atoms with Gasteiger partial charge in [0.1, 0.15) is 0 Å². The van der Waals surface area contributed by atoms with Crippen molar-refractivity contribution in [3.63, 3.8) is 0 Å². The molecule has 0 spiro atoms. The molecular weight excluding hydrogens is 557 g/mol. The van der Waals surface area contributed by atoms with Crippen LogP contribution in [0.3, 0.4) is 0 Å². The maximum atomic E-state index is 4.87. The van der Waals surface area contributed by atoms with E-state index in [2.05, 4.69) is 93.6 Å². The number of imidazole rings is 1. The Morgan fingerprint density at radius 3 is 2.39 bits per heavy atom. The van der Waals surface area contributed by atoms with Crippen LogP contribution in [0.15, 0.2) is 60.8 Å². The van der Waals surface area contributed by atoms with Crippen LogP contribution in [0, 0.1) is 25.3 Å². The summed E-state index contributed by atoms with van der Waals surface area (Å²) in [6, 6.07) is 23.1. The zero-order valence-corrected chi connectivity index (χ0v) is 21.1. The van der Waals surface area contributed by atoms with Crippen molar-refractivity contribution in [2.75, 3.05) is 0 Å². The molecule has 159 valence electrons. The van der Waals surface area contributed by atoms with Crippen LogP contribution in [0.4, 0.5) is 0 Å². The molecule has 0 saturated carbocycles. The standard InChI is InChI=1S/C28H27N2.Ir/c1-18-9-8-10-19(2)26(18)25-17-29-27-22-12-7-6-11-21(22)23-15-20(16-28(3,4)5)13-14-24(23)30(25)27;/h6-11,13-15,17H,16H2,1-5H3;/q-1;. The van der Waals surface area contributed by atoms with Gasteiger partial charge in [0.15, 0.2) is 0 Å². The largest absolute Gasteiger partial charge is 0.333 e. The van der Waals surface area contributed by atoms with Gasteiger partial charge in [0.25, 0.3) is 0 Å². The van der Waals surface area contributed by atoms with E-state index in [9.17, 15) is 0 Å². The fourth-order valence-corrected chi connectivity index (χ4v) is 4.73. The molecular formula is C28H27IrN2-. The van der Waals surface area contributed by atoms with E-state index in [4.69, 9.17) is 4.98 Å². The van der Waals surface area contributed by atoms with Gasteiger partial charge < -0.3 is 4.40 Å². The van der Waals surface area contributed by atoms with Gasteiger partial charge in [-0.2, -0.15) is 0 Å². The maximum Gasteiger partial charge on any atom is 0.0639 e. The first-order valence-corrected chi connectivity index (χ1v) is 10.6. The summed E-state index contributed by atoms with van der Waals surface area (Å²) < 4.78 is 2.32. The van der Waals surface area contributed by atoms with Crippen molar-refractivity contribution >= 4 is 27.3 Å². The minimum atomic E-state index is 0. The topological polar surface area (TPSA) is 17.3 Å². The van der Waals surface area contributed by atoms with Gasteiger partial charge in [0.05, 0.1) is 11.3 Å². The smallest absolute Gasteiger partial charge is 0.0639 e.